The maximum atomic E-state index is 12.9. The topological polar surface area (TPSA) is 56.1 Å². The number of fused-ring (bicyclic) bond motifs is 1. The SMILES string of the molecule is Cc1cccc(OCCn2c(NC(=O)c3ccc(C(C)(C)C)cc3)nc3ccccc32)c1. The summed E-state index contributed by atoms with van der Waals surface area (Å²) in [6.07, 6.45) is 0. The van der Waals surface area contributed by atoms with E-state index in [1.54, 1.807) is 0 Å². The van der Waals surface area contributed by atoms with E-state index in [1.165, 1.54) is 5.56 Å². The molecule has 0 radical (unpaired) electrons. The Morgan fingerprint density at radius 2 is 1.75 bits per heavy atom. The lowest BCUT2D eigenvalue weighted by atomic mass is 9.87. The highest BCUT2D eigenvalue weighted by Gasteiger charge is 2.17. The predicted octanol–water partition coefficient (Wildman–Crippen LogP) is 5.97. The first kappa shape index (κ1) is 21.6. The maximum absolute atomic E-state index is 12.9. The minimum Gasteiger partial charge on any atom is -0.492 e. The van der Waals surface area contributed by atoms with Gasteiger partial charge in [0.25, 0.3) is 5.91 Å². The summed E-state index contributed by atoms with van der Waals surface area (Å²) in [6, 6.07) is 23.6. The molecule has 0 bridgehead atoms. The van der Waals surface area contributed by atoms with Crippen molar-refractivity contribution in [3.05, 3.63) is 89.5 Å². The molecule has 4 rings (SSSR count). The maximum Gasteiger partial charge on any atom is 0.257 e. The molecule has 0 spiro atoms. The molecule has 0 atom stereocenters. The lowest BCUT2D eigenvalue weighted by Gasteiger charge is -2.19. The minimum atomic E-state index is -0.179. The summed E-state index contributed by atoms with van der Waals surface area (Å²) in [5.74, 6) is 1.17. The van der Waals surface area contributed by atoms with Gasteiger partial charge in [0.1, 0.15) is 12.4 Å². The molecular formula is C27H29N3O2. The molecule has 0 unspecified atom stereocenters. The zero-order chi connectivity index (χ0) is 22.7. The van der Waals surface area contributed by atoms with Gasteiger partial charge in [-0.1, -0.05) is 57.2 Å². The first-order valence-electron chi connectivity index (χ1n) is 10.9. The number of para-hydroxylation sites is 2. The summed E-state index contributed by atoms with van der Waals surface area (Å²) in [7, 11) is 0. The van der Waals surface area contributed by atoms with Crippen LogP contribution in [0, 0.1) is 6.92 Å². The molecule has 164 valence electrons. The number of carbonyl (C=O) groups is 1. The first-order valence-corrected chi connectivity index (χ1v) is 10.9. The highest BCUT2D eigenvalue weighted by molar-refractivity contribution is 6.04. The minimum absolute atomic E-state index is 0.0419. The van der Waals surface area contributed by atoms with Crippen LogP contribution in [0.5, 0.6) is 5.75 Å². The van der Waals surface area contributed by atoms with Crippen molar-refractivity contribution in [2.45, 2.75) is 39.7 Å². The number of amides is 1. The Morgan fingerprint density at radius 3 is 2.47 bits per heavy atom. The van der Waals surface area contributed by atoms with Gasteiger partial charge in [0, 0.05) is 5.56 Å². The Hall–Kier alpha value is -3.60. The number of nitrogens with one attached hydrogen (secondary N) is 1. The van der Waals surface area contributed by atoms with Gasteiger partial charge >= 0.3 is 0 Å². The number of aromatic nitrogens is 2. The summed E-state index contributed by atoms with van der Waals surface area (Å²) in [5.41, 5.74) is 4.78. The number of aryl methyl sites for hydroxylation is 1. The molecule has 3 aromatic carbocycles. The molecule has 0 saturated carbocycles. The van der Waals surface area contributed by atoms with Crippen LogP contribution < -0.4 is 10.1 Å². The molecule has 1 heterocycles. The van der Waals surface area contributed by atoms with Gasteiger partial charge in [-0.25, -0.2) is 4.98 Å². The van der Waals surface area contributed by atoms with Crippen LogP contribution in [0.4, 0.5) is 5.95 Å². The summed E-state index contributed by atoms with van der Waals surface area (Å²) in [5, 5.41) is 2.99. The van der Waals surface area contributed by atoms with Crippen molar-refractivity contribution in [2.24, 2.45) is 0 Å². The number of imidazole rings is 1. The van der Waals surface area contributed by atoms with Gasteiger partial charge in [0.2, 0.25) is 5.95 Å². The largest absolute Gasteiger partial charge is 0.492 e. The molecule has 0 aliphatic rings. The van der Waals surface area contributed by atoms with Crippen LogP contribution in [-0.4, -0.2) is 22.1 Å². The number of benzene rings is 3. The van der Waals surface area contributed by atoms with Crippen molar-refractivity contribution in [2.75, 3.05) is 11.9 Å². The summed E-state index contributed by atoms with van der Waals surface area (Å²) in [4.78, 5) is 17.6. The number of nitrogens with zero attached hydrogens (tertiary/aromatic N) is 2. The lowest BCUT2D eigenvalue weighted by molar-refractivity contribution is 0.102. The Bertz CT molecular complexity index is 1230. The van der Waals surface area contributed by atoms with Crippen molar-refractivity contribution in [1.82, 2.24) is 9.55 Å². The third-order valence-corrected chi connectivity index (χ3v) is 5.47. The molecule has 5 nitrogen and oxygen atoms in total. The van der Waals surface area contributed by atoms with Crippen LogP contribution >= 0.6 is 0 Å². The zero-order valence-electron chi connectivity index (χ0n) is 19.1. The highest BCUT2D eigenvalue weighted by Crippen LogP contribution is 2.24. The predicted molar refractivity (Wildman–Crippen MR) is 130 cm³/mol. The van der Waals surface area contributed by atoms with E-state index in [9.17, 15) is 4.79 Å². The van der Waals surface area contributed by atoms with Crippen molar-refractivity contribution < 1.29 is 9.53 Å². The van der Waals surface area contributed by atoms with Crippen LogP contribution in [-0.2, 0) is 12.0 Å². The number of hydrogen-bond donors (Lipinski definition) is 1. The molecule has 0 aliphatic carbocycles. The van der Waals surface area contributed by atoms with Gasteiger partial charge in [-0.05, 0) is 59.9 Å². The standard InChI is InChI=1S/C27H29N3O2/c1-19-8-7-9-22(18-19)32-17-16-30-24-11-6-5-10-23(24)28-26(30)29-25(31)20-12-14-21(15-13-20)27(2,3)4/h5-15,18H,16-17H2,1-4H3,(H,28,29,31). The van der Waals surface area contributed by atoms with Crippen LogP contribution in [0.2, 0.25) is 0 Å². The normalized spacial score (nSPS) is 11.5. The monoisotopic (exact) mass is 427 g/mol. The molecular weight excluding hydrogens is 398 g/mol. The fourth-order valence-corrected chi connectivity index (χ4v) is 3.65. The zero-order valence-corrected chi connectivity index (χ0v) is 19.1. The summed E-state index contributed by atoms with van der Waals surface area (Å²) >= 11 is 0. The van der Waals surface area contributed by atoms with Gasteiger partial charge in [-0.3, -0.25) is 10.1 Å². The number of carbonyl (C=O) groups excluding carboxylic acids is 1. The van der Waals surface area contributed by atoms with Crippen molar-refractivity contribution in [3.8, 4) is 5.75 Å². The fraction of sp³-hybridized carbons (Fsp3) is 0.259. The number of anilines is 1. The van der Waals surface area contributed by atoms with Gasteiger partial charge in [0.15, 0.2) is 0 Å². The molecule has 0 saturated heterocycles. The average molecular weight is 428 g/mol. The lowest BCUT2D eigenvalue weighted by Crippen LogP contribution is -2.18. The number of hydrogen-bond acceptors (Lipinski definition) is 3. The molecule has 1 amide bonds. The second-order valence-corrected chi connectivity index (χ2v) is 9.02. The molecule has 0 aliphatic heterocycles. The van der Waals surface area contributed by atoms with Crippen LogP contribution in [0.25, 0.3) is 11.0 Å². The van der Waals surface area contributed by atoms with Crippen LogP contribution in [0.3, 0.4) is 0 Å². The van der Waals surface area contributed by atoms with Crippen LogP contribution in [0.1, 0.15) is 42.3 Å². The van der Waals surface area contributed by atoms with E-state index in [0.29, 0.717) is 24.7 Å². The Labute approximate surface area is 189 Å². The van der Waals surface area contributed by atoms with E-state index in [-0.39, 0.29) is 11.3 Å². The number of rotatable bonds is 6. The summed E-state index contributed by atoms with van der Waals surface area (Å²) < 4.78 is 7.93. The quantitative estimate of drug-likeness (QED) is 0.412. The smallest absolute Gasteiger partial charge is 0.257 e. The van der Waals surface area contributed by atoms with E-state index >= 15 is 0 Å². The van der Waals surface area contributed by atoms with Crippen molar-refractivity contribution >= 4 is 22.9 Å². The highest BCUT2D eigenvalue weighted by atomic mass is 16.5. The molecule has 32 heavy (non-hydrogen) atoms. The van der Waals surface area contributed by atoms with Gasteiger partial charge in [-0.2, -0.15) is 0 Å². The van der Waals surface area contributed by atoms with Crippen molar-refractivity contribution in [1.29, 1.82) is 0 Å². The molecule has 1 N–H and O–H groups in total. The molecule has 5 heteroatoms. The van der Waals surface area contributed by atoms with E-state index in [1.807, 2.05) is 84.3 Å². The first-order chi connectivity index (χ1) is 15.3. The van der Waals surface area contributed by atoms with Crippen molar-refractivity contribution in [3.63, 3.8) is 0 Å². The van der Waals surface area contributed by atoms with E-state index < -0.39 is 0 Å². The average Bonchev–Trinajstić information content (AvgIpc) is 3.10. The molecule has 0 fully saturated rings. The fourth-order valence-electron chi connectivity index (χ4n) is 3.65. The Morgan fingerprint density at radius 1 is 1.00 bits per heavy atom. The second kappa shape index (κ2) is 8.87. The van der Waals surface area contributed by atoms with E-state index in [4.69, 9.17) is 4.74 Å². The second-order valence-electron chi connectivity index (χ2n) is 9.02. The molecule has 1 aromatic heterocycles. The number of ether oxygens (including phenoxy) is 1. The van der Waals surface area contributed by atoms with Gasteiger partial charge in [0.05, 0.1) is 17.6 Å². The third-order valence-electron chi connectivity index (χ3n) is 5.47. The van der Waals surface area contributed by atoms with Gasteiger partial charge in [-0.15, -0.1) is 0 Å². The van der Waals surface area contributed by atoms with Crippen LogP contribution in [0.15, 0.2) is 72.8 Å². The Balaban J connectivity index is 1.53. The third kappa shape index (κ3) is 4.83. The Kier molecular flexibility index (Phi) is 5.99. The molecule has 4 aromatic rings. The van der Waals surface area contributed by atoms with E-state index in [0.717, 1.165) is 22.3 Å². The summed E-state index contributed by atoms with van der Waals surface area (Å²) in [6.45, 7) is 9.54. The van der Waals surface area contributed by atoms with Gasteiger partial charge < -0.3 is 9.30 Å². The van der Waals surface area contributed by atoms with E-state index in [2.05, 4.69) is 31.1 Å².